The van der Waals surface area contributed by atoms with Crippen molar-refractivity contribution in [1.29, 1.82) is 0 Å². The third-order valence-corrected chi connectivity index (χ3v) is 4.36. The Morgan fingerprint density at radius 1 is 0.962 bits per heavy atom. The minimum atomic E-state index is -0.369. The SMILES string of the molecule is CNc1nc(-c2cccnc2)nc2ccc(-c3ccc(Cl)cc3)c(F)c12. The molecule has 0 saturated heterocycles. The third-order valence-electron chi connectivity index (χ3n) is 4.11. The van der Waals surface area contributed by atoms with Crippen molar-refractivity contribution in [1.82, 2.24) is 15.0 Å². The highest BCUT2D eigenvalue weighted by molar-refractivity contribution is 6.30. The Kier molecular flexibility index (Phi) is 4.22. The van der Waals surface area contributed by atoms with E-state index in [0.29, 0.717) is 33.1 Å². The number of hydrogen-bond acceptors (Lipinski definition) is 4. The van der Waals surface area contributed by atoms with E-state index in [9.17, 15) is 0 Å². The minimum Gasteiger partial charge on any atom is -0.372 e. The van der Waals surface area contributed by atoms with Crippen molar-refractivity contribution in [3.63, 3.8) is 0 Å². The van der Waals surface area contributed by atoms with Crippen LogP contribution >= 0.6 is 11.6 Å². The van der Waals surface area contributed by atoms with Crippen molar-refractivity contribution in [2.75, 3.05) is 12.4 Å². The predicted molar refractivity (Wildman–Crippen MR) is 103 cm³/mol. The first-order chi connectivity index (χ1) is 12.7. The highest BCUT2D eigenvalue weighted by Crippen LogP contribution is 2.33. The number of fused-ring (bicyclic) bond motifs is 1. The summed E-state index contributed by atoms with van der Waals surface area (Å²) in [6, 6.07) is 14.2. The molecule has 4 aromatic rings. The van der Waals surface area contributed by atoms with Gasteiger partial charge in [0, 0.05) is 35.6 Å². The van der Waals surface area contributed by atoms with E-state index in [-0.39, 0.29) is 5.82 Å². The summed E-state index contributed by atoms with van der Waals surface area (Å²) in [4.78, 5) is 13.1. The number of nitrogens with zero attached hydrogens (tertiary/aromatic N) is 3. The predicted octanol–water partition coefficient (Wildman–Crippen LogP) is 5.19. The number of hydrogen-bond donors (Lipinski definition) is 1. The molecule has 2 aromatic carbocycles. The van der Waals surface area contributed by atoms with Crippen molar-refractivity contribution in [2.24, 2.45) is 0 Å². The van der Waals surface area contributed by atoms with Crippen LogP contribution in [0.15, 0.2) is 60.9 Å². The molecule has 0 spiro atoms. The van der Waals surface area contributed by atoms with Gasteiger partial charge < -0.3 is 5.32 Å². The van der Waals surface area contributed by atoms with Crippen LogP contribution < -0.4 is 5.32 Å². The molecule has 0 aliphatic carbocycles. The lowest BCUT2D eigenvalue weighted by Gasteiger charge is -2.12. The van der Waals surface area contributed by atoms with Crippen molar-refractivity contribution in [3.05, 3.63) is 71.8 Å². The van der Waals surface area contributed by atoms with Crippen LogP contribution in [0.5, 0.6) is 0 Å². The molecular weight excluding hydrogens is 351 g/mol. The van der Waals surface area contributed by atoms with Gasteiger partial charge in [-0.3, -0.25) is 4.98 Å². The third kappa shape index (κ3) is 2.86. The van der Waals surface area contributed by atoms with Crippen molar-refractivity contribution >= 4 is 28.3 Å². The molecule has 0 saturated carbocycles. The van der Waals surface area contributed by atoms with Crippen LogP contribution in [0.4, 0.5) is 10.2 Å². The Morgan fingerprint density at radius 2 is 1.77 bits per heavy atom. The summed E-state index contributed by atoms with van der Waals surface area (Å²) in [7, 11) is 1.71. The summed E-state index contributed by atoms with van der Waals surface area (Å²) in [6.45, 7) is 0. The van der Waals surface area contributed by atoms with Gasteiger partial charge in [-0.1, -0.05) is 23.7 Å². The van der Waals surface area contributed by atoms with Crippen LogP contribution in [0, 0.1) is 5.82 Å². The second kappa shape index (κ2) is 6.69. The molecule has 1 N–H and O–H groups in total. The van der Waals surface area contributed by atoms with Gasteiger partial charge in [-0.15, -0.1) is 0 Å². The van der Waals surface area contributed by atoms with E-state index in [4.69, 9.17) is 11.6 Å². The molecule has 0 unspecified atom stereocenters. The Bertz CT molecular complexity index is 1080. The summed E-state index contributed by atoms with van der Waals surface area (Å²) >= 11 is 5.93. The van der Waals surface area contributed by atoms with Crippen LogP contribution in [0.25, 0.3) is 33.4 Å². The molecule has 4 rings (SSSR count). The summed E-state index contributed by atoms with van der Waals surface area (Å²) in [6.07, 6.45) is 3.36. The van der Waals surface area contributed by atoms with Crippen LogP contribution in [-0.2, 0) is 0 Å². The highest BCUT2D eigenvalue weighted by Gasteiger charge is 2.16. The molecule has 6 heteroatoms. The van der Waals surface area contributed by atoms with Gasteiger partial charge in [0.2, 0.25) is 0 Å². The Balaban J connectivity index is 1.93. The number of benzene rings is 2. The first kappa shape index (κ1) is 16.4. The average molecular weight is 365 g/mol. The number of aromatic nitrogens is 3. The van der Waals surface area contributed by atoms with E-state index >= 15 is 4.39 Å². The lowest BCUT2D eigenvalue weighted by Crippen LogP contribution is -2.01. The number of anilines is 1. The van der Waals surface area contributed by atoms with Gasteiger partial charge >= 0.3 is 0 Å². The maximum absolute atomic E-state index is 15.3. The Hall–Kier alpha value is -3.05. The summed E-state index contributed by atoms with van der Waals surface area (Å²) in [5.41, 5.74) is 2.52. The largest absolute Gasteiger partial charge is 0.372 e. The number of nitrogens with one attached hydrogen (secondary N) is 1. The topological polar surface area (TPSA) is 50.7 Å². The molecule has 0 radical (unpaired) electrons. The molecule has 0 bridgehead atoms. The molecule has 0 amide bonds. The lowest BCUT2D eigenvalue weighted by molar-refractivity contribution is 0.643. The molecule has 26 heavy (non-hydrogen) atoms. The fourth-order valence-corrected chi connectivity index (χ4v) is 2.97. The zero-order chi connectivity index (χ0) is 18.1. The highest BCUT2D eigenvalue weighted by atomic mass is 35.5. The fraction of sp³-hybridized carbons (Fsp3) is 0.0500. The molecular formula is C20H14ClFN4. The second-order valence-electron chi connectivity index (χ2n) is 5.72. The molecule has 128 valence electrons. The number of pyridine rings is 1. The Morgan fingerprint density at radius 3 is 2.46 bits per heavy atom. The van der Waals surface area contributed by atoms with Crippen LogP contribution in [-0.4, -0.2) is 22.0 Å². The average Bonchev–Trinajstić information content (AvgIpc) is 2.69. The van der Waals surface area contributed by atoms with Gasteiger partial charge in [-0.25, -0.2) is 14.4 Å². The fourth-order valence-electron chi connectivity index (χ4n) is 2.84. The Labute approximate surface area is 154 Å². The molecule has 4 nitrogen and oxygen atoms in total. The summed E-state index contributed by atoms with van der Waals surface area (Å²) in [5.74, 6) is 0.558. The van der Waals surface area contributed by atoms with Gasteiger partial charge in [0.25, 0.3) is 0 Å². The van der Waals surface area contributed by atoms with E-state index in [1.54, 1.807) is 55.8 Å². The number of rotatable bonds is 3. The zero-order valence-electron chi connectivity index (χ0n) is 13.9. The first-order valence-corrected chi connectivity index (χ1v) is 8.39. The first-order valence-electron chi connectivity index (χ1n) is 8.01. The summed E-state index contributed by atoms with van der Waals surface area (Å²) < 4.78 is 15.3. The number of halogens is 2. The van der Waals surface area contributed by atoms with E-state index in [0.717, 1.165) is 11.1 Å². The maximum atomic E-state index is 15.3. The summed E-state index contributed by atoms with van der Waals surface area (Å²) in [5, 5.41) is 3.94. The second-order valence-corrected chi connectivity index (χ2v) is 6.15. The molecule has 0 aliphatic heterocycles. The standard InChI is InChI=1S/C20H14ClFN4/c1-23-20-17-16(25-19(26-20)13-3-2-10-24-11-13)9-8-15(18(17)22)12-4-6-14(21)7-5-12/h2-11H,1H3,(H,23,25,26). The minimum absolute atomic E-state index is 0.354. The molecule has 0 fully saturated rings. The van der Waals surface area contributed by atoms with Crippen LogP contribution in [0.3, 0.4) is 0 Å². The van der Waals surface area contributed by atoms with E-state index in [2.05, 4.69) is 20.3 Å². The maximum Gasteiger partial charge on any atom is 0.163 e. The normalized spacial score (nSPS) is 10.9. The lowest BCUT2D eigenvalue weighted by atomic mass is 10.0. The van der Waals surface area contributed by atoms with E-state index in [1.165, 1.54) is 0 Å². The van der Waals surface area contributed by atoms with Gasteiger partial charge in [0.1, 0.15) is 11.6 Å². The van der Waals surface area contributed by atoms with Crippen molar-refractivity contribution in [2.45, 2.75) is 0 Å². The van der Waals surface area contributed by atoms with Crippen LogP contribution in [0.2, 0.25) is 5.02 Å². The van der Waals surface area contributed by atoms with Gasteiger partial charge in [0.15, 0.2) is 5.82 Å². The quantitative estimate of drug-likeness (QED) is 0.543. The van der Waals surface area contributed by atoms with Crippen molar-refractivity contribution < 1.29 is 4.39 Å². The smallest absolute Gasteiger partial charge is 0.163 e. The van der Waals surface area contributed by atoms with Crippen LogP contribution in [0.1, 0.15) is 0 Å². The molecule has 0 aliphatic rings. The monoisotopic (exact) mass is 364 g/mol. The molecule has 0 atom stereocenters. The van der Waals surface area contributed by atoms with Gasteiger partial charge in [-0.2, -0.15) is 0 Å². The van der Waals surface area contributed by atoms with Crippen molar-refractivity contribution in [3.8, 4) is 22.5 Å². The van der Waals surface area contributed by atoms with Gasteiger partial charge in [-0.05, 0) is 42.0 Å². The molecule has 2 aromatic heterocycles. The van der Waals surface area contributed by atoms with Gasteiger partial charge in [0.05, 0.1) is 10.9 Å². The molecule has 2 heterocycles. The van der Waals surface area contributed by atoms with E-state index in [1.807, 2.05) is 12.1 Å². The van der Waals surface area contributed by atoms with E-state index < -0.39 is 0 Å². The zero-order valence-corrected chi connectivity index (χ0v) is 14.6.